The van der Waals surface area contributed by atoms with E-state index in [1.165, 1.54) is 0 Å². The fourth-order valence-electron chi connectivity index (χ4n) is 3.72. The third-order valence-corrected chi connectivity index (χ3v) is 5.41. The van der Waals surface area contributed by atoms with Crippen LogP contribution in [0.3, 0.4) is 0 Å². The van der Waals surface area contributed by atoms with E-state index < -0.39 is 5.92 Å². The van der Waals surface area contributed by atoms with Crippen LogP contribution in [0.15, 0.2) is 91.3 Å². The molecule has 4 rings (SSSR count). The zero-order valence-corrected chi connectivity index (χ0v) is 17.6. The van der Waals surface area contributed by atoms with Gasteiger partial charge in [-0.15, -0.1) is 0 Å². The third kappa shape index (κ3) is 5.25. The Hall–Kier alpha value is -3.83. The SMILES string of the molecule is NCC(C(=O)Cc1ccc2cnccc2c1)c1ccc(OC(=O)Cc2ccccc2)cc1. The predicted octanol–water partition coefficient (Wildman–Crippen LogP) is 4.24. The maximum atomic E-state index is 13.0. The van der Waals surface area contributed by atoms with Crippen molar-refractivity contribution >= 4 is 22.5 Å². The molecule has 0 spiro atoms. The fourth-order valence-corrected chi connectivity index (χ4v) is 3.72. The lowest BCUT2D eigenvalue weighted by atomic mass is 9.90. The van der Waals surface area contributed by atoms with Crippen LogP contribution in [0.2, 0.25) is 0 Å². The van der Waals surface area contributed by atoms with E-state index in [-0.39, 0.29) is 24.7 Å². The molecule has 0 saturated heterocycles. The highest BCUT2D eigenvalue weighted by molar-refractivity contribution is 5.89. The number of ether oxygens (including phenoxy) is 1. The van der Waals surface area contributed by atoms with Crippen LogP contribution in [-0.4, -0.2) is 23.3 Å². The Morgan fingerprint density at radius 3 is 2.38 bits per heavy atom. The number of hydrogen-bond acceptors (Lipinski definition) is 5. The second kappa shape index (κ2) is 9.98. The predicted molar refractivity (Wildman–Crippen MR) is 124 cm³/mol. The van der Waals surface area contributed by atoms with Crippen molar-refractivity contribution in [3.05, 3.63) is 108 Å². The molecule has 1 aromatic heterocycles. The van der Waals surface area contributed by atoms with Crippen molar-refractivity contribution in [3.8, 4) is 5.75 Å². The maximum Gasteiger partial charge on any atom is 0.315 e. The maximum absolute atomic E-state index is 13.0. The van der Waals surface area contributed by atoms with Crippen molar-refractivity contribution < 1.29 is 14.3 Å². The highest BCUT2D eigenvalue weighted by Gasteiger charge is 2.20. The van der Waals surface area contributed by atoms with E-state index in [0.29, 0.717) is 12.2 Å². The Morgan fingerprint density at radius 1 is 0.844 bits per heavy atom. The van der Waals surface area contributed by atoms with Gasteiger partial charge in [0.15, 0.2) is 0 Å². The van der Waals surface area contributed by atoms with E-state index in [1.807, 2.05) is 54.6 Å². The van der Waals surface area contributed by atoms with Gasteiger partial charge >= 0.3 is 5.97 Å². The number of benzene rings is 3. The van der Waals surface area contributed by atoms with Crippen LogP contribution in [-0.2, 0) is 22.4 Å². The summed E-state index contributed by atoms with van der Waals surface area (Å²) in [4.78, 5) is 29.2. The summed E-state index contributed by atoms with van der Waals surface area (Å²) < 4.78 is 5.42. The molecule has 1 unspecified atom stereocenters. The molecule has 0 fully saturated rings. The van der Waals surface area contributed by atoms with Gasteiger partial charge in [0.05, 0.1) is 12.3 Å². The minimum atomic E-state index is -0.419. The number of carbonyl (C=O) groups is 2. The van der Waals surface area contributed by atoms with Crippen LogP contribution in [0.25, 0.3) is 10.8 Å². The number of rotatable bonds is 8. The monoisotopic (exact) mass is 424 g/mol. The molecule has 0 radical (unpaired) electrons. The summed E-state index contributed by atoms with van der Waals surface area (Å²) >= 11 is 0. The van der Waals surface area contributed by atoms with E-state index in [0.717, 1.165) is 27.5 Å². The van der Waals surface area contributed by atoms with Crippen molar-refractivity contribution in [2.24, 2.45) is 5.73 Å². The van der Waals surface area contributed by atoms with Crippen LogP contribution in [0.1, 0.15) is 22.6 Å². The molecule has 0 amide bonds. The Labute approximate surface area is 186 Å². The molecule has 0 aliphatic carbocycles. The van der Waals surface area contributed by atoms with Gasteiger partial charge < -0.3 is 10.5 Å². The molecule has 2 N–H and O–H groups in total. The highest BCUT2D eigenvalue weighted by atomic mass is 16.5. The second-order valence-electron chi connectivity index (χ2n) is 7.69. The number of hydrogen-bond donors (Lipinski definition) is 1. The van der Waals surface area contributed by atoms with E-state index >= 15 is 0 Å². The standard InChI is InChI=1S/C27H24N2O3/c28-17-25(26(30)15-20-6-7-23-18-29-13-12-22(23)14-20)21-8-10-24(11-9-21)32-27(31)16-19-4-2-1-3-5-19/h1-14,18,25H,15-17,28H2. The average Bonchev–Trinajstić information content (AvgIpc) is 2.81. The van der Waals surface area contributed by atoms with Crippen molar-refractivity contribution in [1.29, 1.82) is 0 Å². The summed E-state index contributed by atoms with van der Waals surface area (Å²) in [6.07, 6.45) is 4.05. The molecule has 0 bridgehead atoms. The number of aromatic nitrogens is 1. The molecule has 0 saturated carbocycles. The first kappa shape index (κ1) is 21.4. The third-order valence-electron chi connectivity index (χ3n) is 5.41. The van der Waals surface area contributed by atoms with Gasteiger partial charge in [0.2, 0.25) is 0 Å². The Bertz CT molecular complexity index is 1220. The molecule has 1 atom stereocenters. The van der Waals surface area contributed by atoms with Gasteiger partial charge in [-0.25, -0.2) is 0 Å². The summed E-state index contributed by atoms with van der Waals surface area (Å²) in [6.45, 7) is 0.212. The summed E-state index contributed by atoms with van der Waals surface area (Å²) in [7, 11) is 0. The molecule has 32 heavy (non-hydrogen) atoms. The summed E-state index contributed by atoms with van der Waals surface area (Å²) in [5.74, 6) is -0.255. The smallest absolute Gasteiger partial charge is 0.315 e. The van der Waals surface area contributed by atoms with Crippen molar-refractivity contribution in [3.63, 3.8) is 0 Å². The quantitative estimate of drug-likeness (QED) is 0.338. The van der Waals surface area contributed by atoms with Crippen molar-refractivity contribution in [1.82, 2.24) is 4.98 Å². The minimum Gasteiger partial charge on any atom is -0.426 e. The van der Waals surface area contributed by atoms with Crippen LogP contribution >= 0.6 is 0 Å². The van der Waals surface area contributed by atoms with Gasteiger partial charge in [-0.2, -0.15) is 0 Å². The summed E-state index contributed by atoms with van der Waals surface area (Å²) in [5.41, 5.74) is 8.59. The molecule has 5 heteroatoms. The van der Waals surface area contributed by atoms with Crippen LogP contribution in [0.5, 0.6) is 5.75 Å². The number of nitrogens with two attached hydrogens (primary N) is 1. The van der Waals surface area contributed by atoms with Gasteiger partial charge in [-0.05, 0) is 40.3 Å². The first-order chi connectivity index (χ1) is 15.6. The minimum absolute atomic E-state index is 0.0507. The van der Waals surface area contributed by atoms with Gasteiger partial charge in [0, 0.05) is 30.7 Å². The van der Waals surface area contributed by atoms with Gasteiger partial charge in [-0.3, -0.25) is 14.6 Å². The number of pyridine rings is 1. The van der Waals surface area contributed by atoms with Crippen molar-refractivity contribution in [2.45, 2.75) is 18.8 Å². The second-order valence-corrected chi connectivity index (χ2v) is 7.69. The zero-order valence-electron chi connectivity index (χ0n) is 17.6. The average molecular weight is 425 g/mol. The summed E-state index contributed by atoms with van der Waals surface area (Å²) in [6, 6.07) is 24.3. The zero-order chi connectivity index (χ0) is 22.3. The number of esters is 1. The topological polar surface area (TPSA) is 82.3 Å². The largest absolute Gasteiger partial charge is 0.426 e. The molecule has 4 aromatic rings. The highest BCUT2D eigenvalue weighted by Crippen LogP contribution is 2.23. The Kier molecular flexibility index (Phi) is 6.68. The number of Topliss-reactive ketones (excluding diaryl/α,β-unsaturated/α-hetero) is 1. The number of nitrogens with zero attached hydrogens (tertiary/aromatic N) is 1. The Morgan fingerprint density at radius 2 is 1.62 bits per heavy atom. The lowest BCUT2D eigenvalue weighted by Gasteiger charge is -2.15. The van der Waals surface area contributed by atoms with Gasteiger partial charge in [0.25, 0.3) is 0 Å². The number of carbonyl (C=O) groups excluding carboxylic acids is 2. The lowest BCUT2D eigenvalue weighted by Crippen LogP contribution is -2.23. The van der Waals surface area contributed by atoms with Gasteiger partial charge in [0.1, 0.15) is 11.5 Å². The molecule has 160 valence electrons. The number of fused-ring (bicyclic) bond motifs is 1. The first-order valence-electron chi connectivity index (χ1n) is 10.5. The molecular weight excluding hydrogens is 400 g/mol. The Balaban J connectivity index is 1.40. The van der Waals surface area contributed by atoms with E-state index in [9.17, 15) is 9.59 Å². The van der Waals surface area contributed by atoms with E-state index in [2.05, 4.69) is 4.98 Å². The van der Waals surface area contributed by atoms with Gasteiger partial charge in [-0.1, -0.05) is 60.7 Å². The van der Waals surface area contributed by atoms with Crippen molar-refractivity contribution in [2.75, 3.05) is 6.54 Å². The van der Waals surface area contributed by atoms with Crippen LogP contribution in [0.4, 0.5) is 0 Å². The molecular formula is C27H24N2O3. The van der Waals surface area contributed by atoms with Crippen LogP contribution < -0.4 is 10.5 Å². The molecule has 0 aliphatic rings. The van der Waals surface area contributed by atoms with E-state index in [4.69, 9.17) is 10.5 Å². The molecule has 5 nitrogen and oxygen atoms in total. The first-order valence-corrected chi connectivity index (χ1v) is 10.5. The summed E-state index contributed by atoms with van der Waals surface area (Å²) in [5, 5.41) is 2.09. The fraction of sp³-hybridized carbons (Fsp3) is 0.148. The van der Waals surface area contributed by atoms with E-state index in [1.54, 1.807) is 36.7 Å². The number of ketones is 1. The molecule has 3 aromatic carbocycles. The molecule has 0 aliphatic heterocycles. The van der Waals surface area contributed by atoms with Crippen LogP contribution in [0, 0.1) is 0 Å². The normalized spacial score (nSPS) is 11.8. The molecule has 1 heterocycles. The lowest BCUT2D eigenvalue weighted by molar-refractivity contribution is -0.133.